The van der Waals surface area contributed by atoms with Crippen molar-refractivity contribution in [2.45, 2.75) is 38.5 Å². The Morgan fingerprint density at radius 1 is 0.385 bits per heavy atom. The average molecular weight is 999 g/mol. The molecule has 0 aliphatic heterocycles. The van der Waals surface area contributed by atoms with Gasteiger partial charge in [0.2, 0.25) is 0 Å². The summed E-state index contributed by atoms with van der Waals surface area (Å²) in [4.78, 5) is 8.32. The molecule has 0 saturated carbocycles. The highest BCUT2D eigenvalue weighted by Gasteiger charge is 2.38. The Balaban J connectivity index is 0.730. The number of anilines is 6. The van der Waals surface area contributed by atoms with E-state index in [4.69, 9.17) is 6.57 Å². The number of fused-ring (bicyclic) bond motifs is 8. The Morgan fingerprint density at radius 3 is 1.18 bits per heavy atom. The standard InChI is InChI=1S/C74H54N4/c1-73(2)67-44-51(30-40-63(67)65-42-38-59(46-69(65)73)77(57-34-28-53(48-75)29-35-57)71-18-10-14-54-12-6-8-16-61(54)71)26-24-49-20-22-50(23-21-49)25-27-52-31-41-64-66-43-39-60(47-70(66)74(3,4)68(64)45-52)78(58-36-32-56(76-5)33-37-58)72-19-11-15-55-13-7-9-17-62(55)72/h6-47H,1-4H3. The molecule has 0 saturated heterocycles. The highest BCUT2D eigenvalue weighted by atomic mass is 15.1. The maximum Gasteiger partial charge on any atom is 0.187 e. The van der Waals surface area contributed by atoms with Crippen LogP contribution in [0, 0.1) is 17.9 Å². The van der Waals surface area contributed by atoms with Crippen LogP contribution in [-0.2, 0) is 10.8 Å². The van der Waals surface area contributed by atoms with Gasteiger partial charge in [-0.25, -0.2) is 4.85 Å². The SMILES string of the molecule is [C-]#[N+]c1ccc(N(c2ccc3c(c2)C(C)(C)c2cc(C=Cc4ccc(C=Cc5ccc6c(c5)C(C)(C)c5cc(N(c7ccc(C#N)cc7)c7cccc8ccccc78)ccc5-6)cc4)ccc2-3)c2cccc3ccccc23)cc1. The lowest BCUT2D eigenvalue weighted by Crippen LogP contribution is -2.17. The van der Waals surface area contributed by atoms with Gasteiger partial charge < -0.3 is 9.80 Å². The van der Waals surface area contributed by atoms with Crippen molar-refractivity contribution in [1.82, 2.24) is 0 Å². The number of nitriles is 1. The Morgan fingerprint density at radius 2 is 0.744 bits per heavy atom. The van der Waals surface area contributed by atoms with Gasteiger partial charge >= 0.3 is 0 Å². The van der Waals surface area contributed by atoms with Crippen molar-refractivity contribution < 1.29 is 0 Å². The van der Waals surface area contributed by atoms with Crippen LogP contribution in [0.5, 0.6) is 0 Å². The highest BCUT2D eigenvalue weighted by Crippen LogP contribution is 2.53. The van der Waals surface area contributed by atoms with Crippen LogP contribution in [0.15, 0.2) is 231 Å². The average Bonchev–Trinajstić information content (AvgIpc) is 3.87. The van der Waals surface area contributed by atoms with E-state index in [1.165, 1.54) is 77.2 Å². The van der Waals surface area contributed by atoms with Gasteiger partial charge in [0.05, 0.1) is 29.6 Å². The predicted octanol–water partition coefficient (Wildman–Crippen LogP) is 20.3. The molecule has 0 heterocycles. The largest absolute Gasteiger partial charge is 0.310 e. The summed E-state index contributed by atoms with van der Waals surface area (Å²) in [6.45, 7) is 16.9. The van der Waals surface area contributed by atoms with Gasteiger partial charge in [-0.3, -0.25) is 0 Å². The number of hydrogen-bond acceptors (Lipinski definition) is 3. The first-order valence-electron chi connectivity index (χ1n) is 26.6. The Kier molecular flexibility index (Phi) is 11.6. The zero-order chi connectivity index (χ0) is 53.1. The van der Waals surface area contributed by atoms with E-state index in [2.05, 4.69) is 267 Å². The molecular formula is C74H54N4. The molecule has 4 nitrogen and oxygen atoms in total. The molecule has 4 heteroatoms. The quantitative estimate of drug-likeness (QED) is 0.101. The monoisotopic (exact) mass is 998 g/mol. The normalized spacial score (nSPS) is 13.5. The van der Waals surface area contributed by atoms with E-state index in [9.17, 15) is 5.26 Å². The Bertz CT molecular complexity index is 4040. The van der Waals surface area contributed by atoms with E-state index < -0.39 is 0 Å². The van der Waals surface area contributed by atoms with E-state index in [0.29, 0.717) is 11.3 Å². The molecule has 0 fully saturated rings. The van der Waals surface area contributed by atoms with Gasteiger partial charge in [-0.1, -0.05) is 210 Å². The minimum atomic E-state index is -0.231. The summed E-state index contributed by atoms with van der Waals surface area (Å²) in [6.07, 6.45) is 8.87. The van der Waals surface area contributed by atoms with Crippen molar-refractivity contribution in [3.8, 4) is 28.3 Å². The molecule has 0 radical (unpaired) electrons. The van der Waals surface area contributed by atoms with Crippen molar-refractivity contribution >= 4 is 85.7 Å². The topological polar surface area (TPSA) is 34.6 Å². The minimum Gasteiger partial charge on any atom is -0.310 e. The first-order valence-corrected chi connectivity index (χ1v) is 26.6. The van der Waals surface area contributed by atoms with E-state index in [-0.39, 0.29) is 10.8 Å². The lowest BCUT2D eigenvalue weighted by Gasteiger charge is -2.29. The van der Waals surface area contributed by atoms with Crippen LogP contribution in [-0.4, -0.2) is 0 Å². The summed E-state index contributed by atoms with van der Waals surface area (Å²) >= 11 is 0. The van der Waals surface area contributed by atoms with Gasteiger partial charge in [0.25, 0.3) is 0 Å². The smallest absolute Gasteiger partial charge is 0.187 e. The maximum atomic E-state index is 9.61. The van der Waals surface area contributed by atoms with E-state index >= 15 is 0 Å². The molecule has 2 aliphatic carbocycles. The molecule has 13 rings (SSSR count). The van der Waals surface area contributed by atoms with Crippen LogP contribution in [0.25, 0.3) is 72.9 Å². The number of nitrogens with zero attached hydrogens (tertiary/aromatic N) is 4. The van der Waals surface area contributed by atoms with Gasteiger partial charge in [-0.2, -0.15) is 5.26 Å². The van der Waals surface area contributed by atoms with Crippen molar-refractivity contribution in [2.75, 3.05) is 9.80 Å². The molecule has 2 aliphatic rings. The highest BCUT2D eigenvalue weighted by molar-refractivity contribution is 6.01. The molecule has 0 aromatic heterocycles. The molecule has 0 N–H and O–H groups in total. The third-order valence-corrected chi connectivity index (χ3v) is 16.3. The lowest BCUT2D eigenvalue weighted by atomic mass is 9.81. The lowest BCUT2D eigenvalue weighted by molar-refractivity contribution is 0.660. The maximum absolute atomic E-state index is 9.61. The van der Waals surface area contributed by atoms with E-state index in [1.807, 2.05) is 36.4 Å². The molecular weight excluding hydrogens is 945 g/mol. The fraction of sp³-hybridized carbons (Fsp3) is 0.0811. The van der Waals surface area contributed by atoms with Gasteiger partial charge in [0, 0.05) is 44.4 Å². The second-order valence-corrected chi connectivity index (χ2v) is 21.6. The van der Waals surface area contributed by atoms with E-state index in [1.54, 1.807) is 0 Å². The van der Waals surface area contributed by atoms with Crippen LogP contribution in [0.4, 0.5) is 39.8 Å². The van der Waals surface area contributed by atoms with Gasteiger partial charge in [-0.15, -0.1) is 0 Å². The molecule has 0 unspecified atom stereocenters. The first kappa shape index (κ1) is 47.7. The molecule has 11 aromatic carbocycles. The summed E-state index contributed by atoms with van der Waals surface area (Å²) in [5.41, 5.74) is 22.1. The molecule has 0 bridgehead atoms. The van der Waals surface area contributed by atoms with Crippen molar-refractivity contribution in [1.29, 1.82) is 5.26 Å². The third kappa shape index (κ3) is 8.24. The van der Waals surface area contributed by atoms with Crippen LogP contribution in [0.1, 0.15) is 77.8 Å². The van der Waals surface area contributed by atoms with Crippen molar-refractivity contribution in [2.24, 2.45) is 0 Å². The number of benzene rings is 11. The number of rotatable bonds is 10. The second-order valence-electron chi connectivity index (χ2n) is 21.6. The summed E-state index contributed by atoms with van der Waals surface area (Å²) in [5, 5.41) is 14.3. The molecule has 78 heavy (non-hydrogen) atoms. The predicted molar refractivity (Wildman–Crippen MR) is 328 cm³/mol. The Labute approximate surface area is 457 Å². The fourth-order valence-corrected chi connectivity index (χ4v) is 12.1. The molecule has 11 aromatic rings. The first-order chi connectivity index (χ1) is 38.0. The molecule has 0 atom stereocenters. The van der Waals surface area contributed by atoms with Crippen molar-refractivity contribution in [3.05, 3.63) is 292 Å². The van der Waals surface area contributed by atoms with Crippen LogP contribution in [0.2, 0.25) is 0 Å². The second kappa shape index (κ2) is 19.0. The molecule has 0 spiro atoms. The third-order valence-electron chi connectivity index (χ3n) is 16.3. The zero-order valence-corrected chi connectivity index (χ0v) is 44.0. The number of hydrogen-bond donors (Lipinski definition) is 0. The van der Waals surface area contributed by atoms with Crippen LogP contribution >= 0.6 is 0 Å². The minimum absolute atomic E-state index is 0.229. The summed E-state index contributed by atoms with van der Waals surface area (Å²) in [6, 6.07) is 84.4. The van der Waals surface area contributed by atoms with Crippen LogP contribution in [0.3, 0.4) is 0 Å². The Hall–Kier alpha value is -10.0. The summed E-state index contributed by atoms with van der Waals surface area (Å²) in [7, 11) is 0. The molecule has 370 valence electrons. The summed E-state index contributed by atoms with van der Waals surface area (Å²) < 4.78 is 0. The molecule has 0 amide bonds. The van der Waals surface area contributed by atoms with Gasteiger partial charge in [0.1, 0.15) is 0 Å². The van der Waals surface area contributed by atoms with Crippen molar-refractivity contribution in [3.63, 3.8) is 0 Å². The fourth-order valence-electron chi connectivity index (χ4n) is 12.1. The van der Waals surface area contributed by atoms with Gasteiger partial charge in [0.15, 0.2) is 5.69 Å². The van der Waals surface area contributed by atoms with Gasteiger partial charge in [-0.05, 0) is 150 Å². The summed E-state index contributed by atoms with van der Waals surface area (Å²) in [5.74, 6) is 0. The van der Waals surface area contributed by atoms with E-state index in [0.717, 1.165) is 45.3 Å². The zero-order valence-electron chi connectivity index (χ0n) is 44.0. The van der Waals surface area contributed by atoms with Crippen LogP contribution < -0.4 is 9.80 Å².